The lowest BCUT2D eigenvalue weighted by atomic mass is 10.0. The van der Waals surface area contributed by atoms with Gasteiger partial charge in [0.15, 0.2) is 5.78 Å². The summed E-state index contributed by atoms with van der Waals surface area (Å²) in [6.07, 6.45) is 4.20. The first kappa shape index (κ1) is 10.3. The fourth-order valence-electron chi connectivity index (χ4n) is 1.09. The Balaban J connectivity index is 2.27. The number of rotatable bonds is 5. The molecule has 0 aromatic carbocycles. The Bertz CT molecular complexity index is 257. The Kier molecular flexibility index (Phi) is 4.02. The summed E-state index contributed by atoms with van der Waals surface area (Å²) < 4.78 is 7.69. The van der Waals surface area contributed by atoms with Gasteiger partial charge < -0.3 is 0 Å². The molecule has 0 aliphatic carbocycles. The van der Waals surface area contributed by atoms with Crippen LogP contribution in [0.3, 0.4) is 0 Å². The van der Waals surface area contributed by atoms with Crippen molar-refractivity contribution in [3.63, 3.8) is 0 Å². The summed E-state index contributed by atoms with van der Waals surface area (Å²) in [5.74, 6) is 0.788. The maximum Gasteiger partial charge on any atom is 0.183 e. The number of Topliss-reactive ketones (excluding diaryl/α,β-unsaturated/α-hetero) is 1. The second-order valence-electron chi connectivity index (χ2n) is 3.50. The summed E-state index contributed by atoms with van der Waals surface area (Å²) in [7, 11) is 0. The van der Waals surface area contributed by atoms with Crippen LogP contribution in [0, 0.1) is 5.92 Å². The van der Waals surface area contributed by atoms with E-state index >= 15 is 0 Å². The van der Waals surface area contributed by atoms with E-state index in [2.05, 4.69) is 22.6 Å². The van der Waals surface area contributed by atoms with Crippen LogP contribution < -0.4 is 0 Å². The Morgan fingerprint density at radius 2 is 2.38 bits per heavy atom. The maximum atomic E-state index is 11.4. The summed E-state index contributed by atoms with van der Waals surface area (Å²) in [5, 5.41) is 0. The molecule has 4 heteroatoms. The molecule has 0 N–H and O–H groups in total. The molecule has 0 spiro atoms. The Morgan fingerprint density at radius 3 is 2.92 bits per heavy atom. The molecule has 0 fully saturated rings. The Labute approximate surface area is 82.5 Å². The van der Waals surface area contributed by atoms with Gasteiger partial charge in [-0.3, -0.25) is 4.79 Å². The molecule has 0 saturated heterocycles. The first-order chi connectivity index (χ1) is 6.20. The fraction of sp³-hybridized carbons (Fsp3) is 0.667. The van der Waals surface area contributed by atoms with Gasteiger partial charge in [0.25, 0.3) is 0 Å². The molecule has 72 valence electrons. The van der Waals surface area contributed by atoms with Gasteiger partial charge in [-0.2, -0.15) is 8.75 Å². The molecule has 1 heterocycles. The van der Waals surface area contributed by atoms with E-state index in [0.717, 1.165) is 24.6 Å². The SMILES string of the molecule is CC(C)CCCC(=O)c1cnsn1. The van der Waals surface area contributed by atoms with Crippen LogP contribution in [0.4, 0.5) is 0 Å². The quantitative estimate of drug-likeness (QED) is 0.683. The molecule has 0 saturated carbocycles. The minimum atomic E-state index is 0.120. The third kappa shape index (κ3) is 3.63. The van der Waals surface area contributed by atoms with Gasteiger partial charge in [-0.25, -0.2) is 0 Å². The molecule has 3 nitrogen and oxygen atoms in total. The summed E-state index contributed by atoms with van der Waals surface area (Å²) >= 11 is 1.09. The second-order valence-corrected chi connectivity index (χ2v) is 4.06. The van der Waals surface area contributed by atoms with Gasteiger partial charge in [0.1, 0.15) is 5.69 Å². The lowest BCUT2D eigenvalue weighted by molar-refractivity contribution is 0.0974. The number of carbonyl (C=O) groups excluding carboxylic acids is 1. The maximum absolute atomic E-state index is 11.4. The van der Waals surface area contributed by atoms with E-state index in [1.165, 1.54) is 0 Å². The number of aromatic nitrogens is 2. The highest BCUT2D eigenvalue weighted by molar-refractivity contribution is 6.99. The van der Waals surface area contributed by atoms with E-state index in [1.54, 1.807) is 6.20 Å². The average Bonchev–Trinajstić information content (AvgIpc) is 2.55. The topological polar surface area (TPSA) is 42.9 Å². The zero-order chi connectivity index (χ0) is 9.68. The smallest absolute Gasteiger partial charge is 0.183 e. The standard InChI is InChI=1S/C9H14N2OS/c1-7(2)4-3-5-9(12)8-6-10-13-11-8/h6-7H,3-5H2,1-2H3. The zero-order valence-electron chi connectivity index (χ0n) is 7.99. The third-order valence-corrected chi connectivity index (χ3v) is 2.31. The van der Waals surface area contributed by atoms with E-state index in [0.29, 0.717) is 18.0 Å². The molecule has 1 aromatic heterocycles. The molecule has 0 radical (unpaired) electrons. The normalized spacial score (nSPS) is 10.7. The van der Waals surface area contributed by atoms with Gasteiger partial charge in [0.2, 0.25) is 0 Å². The van der Waals surface area contributed by atoms with Crippen molar-refractivity contribution in [3.8, 4) is 0 Å². The molecule has 0 unspecified atom stereocenters. The molecule has 0 bridgehead atoms. The highest BCUT2D eigenvalue weighted by atomic mass is 32.1. The predicted molar refractivity (Wildman–Crippen MR) is 52.9 cm³/mol. The van der Waals surface area contributed by atoms with Gasteiger partial charge in [0.05, 0.1) is 17.9 Å². The molecule has 0 amide bonds. The van der Waals surface area contributed by atoms with Crippen LogP contribution in [-0.4, -0.2) is 14.5 Å². The van der Waals surface area contributed by atoms with Gasteiger partial charge in [-0.15, -0.1) is 0 Å². The van der Waals surface area contributed by atoms with Crippen molar-refractivity contribution in [1.29, 1.82) is 0 Å². The average molecular weight is 198 g/mol. The highest BCUT2D eigenvalue weighted by Gasteiger charge is 2.08. The summed E-state index contributed by atoms with van der Waals surface area (Å²) in [4.78, 5) is 11.4. The van der Waals surface area contributed by atoms with Crippen molar-refractivity contribution in [2.45, 2.75) is 33.1 Å². The van der Waals surface area contributed by atoms with Crippen molar-refractivity contribution in [2.24, 2.45) is 5.92 Å². The highest BCUT2D eigenvalue weighted by Crippen LogP contribution is 2.09. The molecular weight excluding hydrogens is 184 g/mol. The van der Waals surface area contributed by atoms with Gasteiger partial charge in [-0.05, 0) is 12.3 Å². The van der Waals surface area contributed by atoms with Crippen LogP contribution in [0.5, 0.6) is 0 Å². The molecule has 1 aromatic rings. The Hall–Kier alpha value is -0.770. The monoisotopic (exact) mass is 198 g/mol. The molecule has 0 aliphatic rings. The largest absolute Gasteiger partial charge is 0.292 e. The van der Waals surface area contributed by atoms with Crippen LogP contribution in [0.1, 0.15) is 43.6 Å². The minimum Gasteiger partial charge on any atom is -0.292 e. The summed E-state index contributed by atoms with van der Waals surface area (Å²) in [6.45, 7) is 4.32. The summed E-state index contributed by atoms with van der Waals surface area (Å²) in [5.41, 5.74) is 0.522. The van der Waals surface area contributed by atoms with E-state index in [9.17, 15) is 4.79 Å². The molecule has 13 heavy (non-hydrogen) atoms. The van der Waals surface area contributed by atoms with Crippen molar-refractivity contribution in [2.75, 3.05) is 0 Å². The molecule has 0 atom stereocenters. The fourth-order valence-corrected chi connectivity index (χ4v) is 1.52. The molecule has 1 rings (SSSR count). The zero-order valence-corrected chi connectivity index (χ0v) is 8.80. The number of hydrogen-bond acceptors (Lipinski definition) is 4. The number of nitrogens with zero attached hydrogens (tertiary/aromatic N) is 2. The third-order valence-electron chi connectivity index (χ3n) is 1.83. The van der Waals surface area contributed by atoms with Crippen LogP contribution >= 0.6 is 11.7 Å². The lowest BCUT2D eigenvalue weighted by Crippen LogP contribution is -2.00. The van der Waals surface area contributed by atoms with Crippen molar-refractivity contribution in [3.05, 3.63) is 11.9 Å². The Morgan fingerprint density at radius 1 is 1.62 bits per heavy atom. The second kappa shape index (κ2) is 5.07. The number of hydrogen-bond donors (Lipinski definition) is 0. The lowest BCUT2D eigenvalue weighted by Gasteiger charge is -2.01. The first-order valence-electron chi connectivity index (χ1n) is 4.51. The number of carbonyl (C=O) groups is 1. The predicted octanol–water partition coefficient (Wildman–Crippen LogP) is 2.55. The van der Waals surface area contributed by atoms with Crippen LogP contribution in [0.25, 0.3) is 0 Å². The van der Waals surface area contributed by atoms with E-state index in [4.69, 9.17) is 0 Å². The van der Waals surface area contributed by atoms with Crippen LogP contribution in [0.15, 0.2) is 6.20 Å². The molecule has 0 aliphatic heterocycles. The minimum absolute atomic E-state index is 0.120. The van der Waals surface area contributed by atoms with Gasteiger partial charge >= 0.3 is 0 Å². The van der Waals surface area contributed by atoms with E-state index in [-0.39, 0.29) is 5.78 Å². The van der Waals surface area contributed by atoms with Crippen molar-refractivity contribution >= 4 is 17.5 Å². The summed E-state index contributed by atoms with van der Waals surface area (Å²) in [6, 6.07) is 0. The van der Waals surface area contributed by atoms with Crippen molar-refractivity contribution in [1.82, 2.24) is 8.75 Å². The number of ketones is 1. The van der Waals surface area contributed by atoms with Crippen molar-refractivity contribution < 1.29 is 4.79 Å². The first-order valence-corrected chi connectivity index (χ1v) is 5.24. The van der Waals surface area contributed by atoms with E-state index < -0.39 is 0 Å². The van der Waals surface area contributed by atoms with Gasteiger partial charge in [-0.1, -0.05) is 20.3 Å². The molecular formula is C9H14N2OS. The van der Waals surface area contributed by atoms with E-state index in [1.807, 2.05) is 0 Å². The van der Waals surface area contributed by atoms with Crippen LogP contribution in [-0.2, 0) is 0 Å². The van der Waals surface area contributed by atoms with Crippen LogP contribution in [0.2, 0.25) is 0 Å². The van der Waals surface area contributed by atoms with Gasteiger partial charge in [0, 0.05) is 6.42 Å².